The highest BCUT2D eigenvalue weighted by Gasteiger charge is 2.20. The van der Waals surface area contributed by atoms with E-state index in [1.54, 1.807) is 6.20 Å². The Morgan fingerprint density at radius 3 is 3.08 bits per heavy atom. The molecule has 0 unspecified atom stereocenters. The van der Waals surface area contributed by atoms with Gasteiger partial charge in [0.05, 0.1) is 0 Å². The summed E-state index contributed by atoms with van der Waals surface area (Å²) in [5.74, 6) is 0.739. The second-order valence-electron chi connectivity index (χ2n) is 3.46. The van der Waals surface area contributed by atoms with Crippen LogP contribution < -0.4 is 4.74 Å². The minimum atomic E-state index is 0.319. The first-order valence-electron chi connectivity index (χ1n) is 4.61. The van der Waals surface area contributed by atoms with Crippen LogP contribution in [-0.4, -0.2) is 36.1 Å². The average Bonchev–Trinajstić information content (AvgIpc) is 2.53. The molecule has 2 heterocycles. The SMILES string of the molecule is CN1CC[C@@H](Oc2ccccn2)C1. The monoisotopic (exact) mass is 178 g/mol. The fraction of sp³-hybridized carbons (Fsp3) is 0.500. The summed E-state index contributed by atoms with van der Waals surface area (Å²) >= 11 is 0. The predicted molar refractivity (Wildman–Crippen MR) is 50.8 cm³/mol. The number of nitrogens with zero attached hydrogens (tertiary/aromatic N) is 2. The van der Waals surface area contributed by atoms with Crippen molar-refractivity contribution in [1.82, 2.24) is 9.88 Å². The lowest BCUT2D eigenvalue weighted by Gasteiger charge is -2.12. The molecule has 1 saturated heterocycles. The van der Waals surface area contributed by atoms with Gasteiger partial charge in [0.25, 0.3) is 0 Å². The molecule has 1 aliphatic heterocycles. The Balaban J connectivity index is 1.92. The van der Waals surface area contributed by atoms with Gasteiger partial charge in [-0.2, -0.15) is 0 Å². The number of hydrogen-bond donors (Lipinski definition) is 0. The molecule has 1 atom stereocenters. The highest BCUT2D eigenvalue weighted by atomic mass is 16.5. The first-order chi connectivity index (χ1) is 6.34. The van der Waals surface area contributed by atoms with Gasteiger partial charge in [0, 0.05) is 25.4 Å². The van der Waals surface area contributed by atoms with Crippen LogP contribution in [-0.2, 0) is 0 Å². The minimum Gasteiger partial charge on any atom is -0.473 e. The van der Waals surface area contributed by atoms with Crippen LogP contribution in [0.1, 0.15) is 6.42 Å². The molecule has 0 aliphatic carbocycles. The average molecular weight is 178 g/mol. The number of pyridine rings is 1. The second-order valence-corrected chi connectivity index (χ2v) is 3.46. The first kappa shape index (κ1) is 8.51. The molecule has 3 heteroatoms. The molecular formula is C10H14N2O. The standard InChI is InChI=1S/C10H14N2O/c1-12-7-5-9(8-12)13-10-4-2-3-6-11-10/h2-4,6,9H,5,7-8H2,1H3/t9-/m1/s1. The summed E-state index contributed by atoms with van der Waals surface area (Å²) < 4.78 is 5.69. The smallest absolute Gasteiger partial charge is 0.213 e. The van der Waals surface area contributed by atoms with Crippen molar-refractivity contribution in [3.63, 3.8) is 0 Å². The zero-order valence-electron chi connectivity index (χ0n) is 7.81. The number of likely N-dealkylation sites (N-methyl/N-ethyl adjacent to an activating group) is 1. The largest absolute Gasteiger partial charge is 0.473 e. The van der Waals surface area contributed by atoms with Crippen molar-refractivity contribution in [3.8, 4) is 5.88 Å². The van der Waals surface area contributed by atoms with E-state index in [0.29, 0.717) is 6.10 Å². The summed E-state index contributed by atoms with van der Waals surface area (Å²) in [4.78, 5) is 6.40. The summed E-state index contributed by atoms with van der Waals surface area (Å²) in [5.41, 5.74) is 0. The molecule has 0 N–H and O–H groups in total. The molecule has 3 nitrogen and oxygen atoms in total. The highest BCUT2D eigenvalue weighted by Crippen LogP contribution is 2.14. The fourth-order valence-corrected chi connectivity index (χ4v) is 1.58. The third-order valence-electron chi connectivity index (χ3n) is 2.27. The van der Waals surface area contributed by atoms with Crippen LogP contribution in [0.2, 0.25) is 0 Å². The van der Waals surface area contributed by atoms with Crippen molar-refractivity contribution >= 4 is 0 Å². The quantitative estimate of drug-likeness (QED) is 0.679. The zero-order chi connectivity index (χ0) is 9.10. The number of likely N-dealkylation sites (tertiary alicyclic amines) is 1. The van der Waals surface area contributed by atoms with Crippen LogP contribution in [0.3, 0.4) is 0 Å². The van der Waals surface area contributed by atoms with E-state index in [1.165, 1.54) is 0 Å². The molecule has 0 bridgehead atoms. The molecule has 70 valence electrons. The summed E-state index contributed by atoms with van der Waals surface area (Å²) in [6.07, 6.45) is 3.18. The van der Waals surface area contributed by atoms with Crippen LogP contribution in [0.15, 0.2) is 24.4 Å². The van der Waals surface area contributed by atoms with E-state index in [4.69, 9.17) is 4.74 Å². The molecule has 2 rings (SSSR count). The maximum Gasteiger partial charge on any atom is 0.213 e. The van der Waals surface area contributed by atoms with Gasteiger partial charge >= 0.3 is 0 Å². The van der Waals surface area contributed by atoms with Crippen molar-refractivity contribution in [3.05, 3.63) is 24.4 Å². The first-order valence-corrected chi connectivity index (χ1v) is 4.61. The van der Waals surface area contributed by atoms with Crippen LogP contribution in [0.25, 0.3) is 0 Å². The summed E-state index contributed by atoms with van der Waals surface area (Å²) in [7, 11) is 2.11. The third-order valence-corrected chi connectivity index (χ3v) is 2.27. The molecule has 0 radical (unpaired) electrons. The van der Waals surface area contributed by atoms with Gasteiger partial charge in [-0.05, 0) is 19.5 Å². The predicted octanol–water partition coefficient (Wildman–Crippen LogP) is 1.16. The lowest BCUT2D eigenvalue weighted by molar-refractivity contribution is 0.200. The maximum absolute atomic E-state index is 5.69. The Hall–Kier alpha value is -1.09. The summed E-state index contributed by atoms with van der Waals surface area (Å²) in [6, 6.07) is 5.74. The van der Waals surface area contributed by atoms with E-state index < -0.39 is 0 Å². The molecule has 0 spiro atoms. The molecule has 1 aliphatic rings. The van der Waals surface area contributed by atoms with Gasteiger partial charge in [-0.25, -0.2) is 4.98 Å². The molecule has 1 aromatic rings. The molecule has 13 heavy (non-hydrogen) atoms. The Labute approximate surface area is 78.3 Å². The molecule has 0 amide bonds. The maximum atomic E-state index is 5.69. The van der Waals surface area contributed by atoms with Gasteiger partial charge in [-0.15, -0.1) is 0 Å². The van der Waals surface area contributed by atoms with Crippen LogP contribution in [0.4, 0.5) is 0 Å². The summed E-state index contributed by atoms with van der Waals surface area (Å²) in [5, 5.41) is 0. The van der Waals surface area contributed by atoms with Gasteiger partial charge in [-0.3, -0.25) is 0 Å². The topological polar surface area (TPSA) is 25.4 Å². The van der Waals surface area contributed by atoms with Gasteiger partial charge < -0.3 is 9.64 Å². The number of ether oxygens (including phenoxy) is 1. The van der Waals surface area contributed by atoms with Crippen LogP contribution >= 0.6 is 0 Å². The minimum absolute atomic E-state index is 0.319. The Kier molecular flexibility index (Phi) is 2.45. The lowest BCUT2D eigenvalue weighted by atomic mass is 10.3. The number of rotatable bonds is 2. The number of aromatic nitrogens is 1. The Morgan fingerprint density at radius 1 is 1.54 bits per heavy atom. The van der Waals surface area contributed by atoms with Gasteiger partial charge in [0.1, 0.15) is 6.10 Å². The van der Waals surface area contributed by atoms with Crippen molar-refractivity contribution in [2.75, 3.05) is 20.1 Å². The van der Waals surface area contributed by atoms with Gasteiger partial charge in [0.2, 0.25) is 5.88 Å². The lowest BCUT2D eigenvalue weighted by Crippen LogP contribution is -2.21. The molecular weight excluding hydrogens is 164 g/mol. The third kappa shape index (κ3) is 2.18. The van der Waals surface area contributed by atoms with Crippen molar-refractivity contribution in [2.45, 2.75) is 12.5 Å². The van der Waals surface area contributed by atoms with Gasteiger partial charge in [0.15, 0.2) is 0 Å². The van der Waals surface area contributed by atoms with E-state index >= 15 is 0 Å². The van der Waals surface area contributed by atoms with E-state index in [1.807, 2.05) is 18.2 Å². The Bertz CT molecular complexity index is 263. The van der Waals surface area contributed by atoms with Crippen molar-refractivity contribution < 1.29 is 4.74 Å². The van der Waals surface area contributed by atoms with E-state index in [2.05, 4.69) is 16.9 Å². The van der Waals surface area contributed by atoms with E-state index in [0.717, 1.165) is 25.4 Å². The second kappa shape index (κ2) is 3.75. The summed E-state index contributed by atoms with van der Waals surface area (Å²) in [6.45, 7) is 2.13. The molecule has 0 aromatic carbocycles. The van der Waals surface area contributed by atoms with E-state index in [-0.39, 0.29) is 0 Å². The molecule has 0 saturated carbocycles. The Morgan fingerprint density at radius 2 is 2.46 bits per heavy atom. The molecule has 1 aromatic heterocycles. The zero-order valence-corrected chi connectivity index (χ0v) is 7.81. The fourth-order valence-electron chi connectivity index (χ4n) is 1.58. The highest BCUT2D eigenvalue weighted by molar-refractivity contribution is 5.09. The van der Waals surface area contributed by atoms with Crippen molar-refractivity contribution in [1.29, 1.82) is 0 Å². The normalized spacial score (nSPS) is 23.3. The van der Waals surface area contributed by atoms with Gasteiger partial charge in [-0.1, -0.05) is 6.07 Å². The van der Waals surface area contributed by atoms with Crippen molar-refractivity contribution in [2.24, 2.45) is 0 Å². The van der Waals surface area contributed by atoms with Crippen LogP contribution in [0.5, 0.6) is 5.88 Å². The van der Waals surface area contributed by atoms with E-state index in [9.17, 15) is 0 Å². The number of hydrogen-bond acceptors (Lipinski definition) is 3. The molecule has 1 fully saturated rings. The van der Waals surface area contributed by atoms with Crippen LogP contribution in [0, 0.1) is 0 Å².